The van der Waals surface area contributed by atoms with Gasteiger partial charge in [-0.1, -0.05) is 30.3 Å². The molecule has 0 atom stereocenters. The molecule has 1 saturated heterocycles. The average Bonchev–Trinajstić information content (AvgIpc) is 2.89. The van der Waals surface area contributed by atoms with Crippen molar-refractivity contribution >= 4 is 22.8 Å². The van der Waals surface area contributed by atoms with Gasteiger partial charge in [-0.25, -0.2) is 9.18 Å². The molecule has 0 aliphatic carbocycles. The van der Waals surface area contributed by atoms with Crippen molar-refractivity contribution in [2.24, 2.45) is 0 Å². The maximum absolute atomic E-state index is 13.4. The van der Waals surface area contributed by atoms with Crippen LogP contribution in [-0.2, 0) is 11.3 Å². The molecule has 4 rings (SSSR count). The molecule has 1 aliphatic heterocycles. The third-order valence-electron chi connectivity index (χ3n) is 5.01. The third-order valence-corrected chi connectivity index (χ3v) is 5.01. The fourth-order valence-corrected chi connectivity index (χ4v) is 3.47. The monoisotopic (exact) mass is 394 g/mol. The van der Waals surface area contributed by atoms with Crippen LogP contribution < -0.4 is 5.63 Å². The molecule has 148 valence electrons. The molecule has 0 spiro atoms. The van der Waals surface area contributed by atoms with Crippen LogP contribution in [0.3, 0.4) is 0 Å². The second kappa shape index (κ2) is 7.87. The predicted octanol–water partition coefficient (Wildman–Crippen LogP) is 2.81. The van der Waals surface area contributed by atoms with Gasteiger partial charge in [-0.15, -0.1) is 0 Å². The van der Waals surface area contributed by atoms with Gasteiger partial charge in [0.15, 0.2) is 0 Å². The number of carbonyl (C=O) groups is 2. The first-order chi connectivity index (χ1) is 14.0. The molecular formula is C22H19FN2O4. The molecule has 1 aliphatic rings. The van der Waals surface area contributed by atoms with Crippen LogP contribution >= 0.6 is 0 Å². The first-order valence-electron chi connectivity index (χ1n) is 9.35. The topological polar surface area (TPSA) is 70.8 Å². The van der Waals surface area contributed by atoms with E-state index in [0.29, 0.717) is 23.1 Å². The molecule has 6 nitrogen and oxygen atoms in total. The second-order valence-electron chi connectivity index (χ2n) is 6.97. The number of amides is 2. The molecular weight excluding hydrogens is 375 g/mol. The van der Waals surface area contributed by atoms with E-state index in [2.05, 4.69) is 0 Å². The van der Waals surface area contributed by atoms with E-state index in [1.54, 1.807) is 41.3 Å². The summed E-state index contributed by atoms with van der Waals surface area (Å²) in [7, 11) is 0. The summed E-state index contributed by atoms with van der Waals surface area (Å²) in [5, 5.41) is 0.661. The maximum atomic E-state index is 13.4. The Morgan fingerprint density at radius 1 is 1.00 bits per heavy atom. The van der Waals surface area contributed by atoms with Crippen LogP contribution in [0.25, 0.3) is 11.0 Å². The quantitative estimate of drug-likeness (QED) is 0.641. The van der Waals surface area contributed by atoms with Crippen molar-refractivity contribution in [2.45, 2.75) is 13.0 Å². The highest BCUT2D eigenvalue weighted by molar-refractivity contribution is 5.97. The number of halogens is 1. The van der Waals surface area contributed by atoms with Gasteiger partial charge in [-0.05, 0) is 29.8 Å². The van der Waals surface area contributed by atoms with Crippen molar-refractivity contribution in [1.82, 2.24) is 9.80 Å². The molecule has 1 aromatic heterocycles. The molecule has 2 aromatic carbocycles. The lowest BCUT2D eigenvalue weighted by Crippen LogP contribution is -2.37. The number of carbonyl (C=O) groups excluding carboxylic acids is 2. The van der Waals surface area contributed by atoms with Gasteiger partial charge >= 0.3 is 5.63 Å². The average molecular weight is 394 g/mol. The van der Waals surface area contributed by atoms with E-state index in [1.165, 1.54) is 23.1 Å². The minimum Gasteiger partial charge on any atom is -0.422 e. The van der Waals surface area contributed by atoms with Crippen molar-refractivity contribution in [3.8, 4) is 0 Å². The number of rotatable bonds is 3. The highest BCUT2D eigenvalue weighted by atomic mass is 19.1. The Kier molecular flexibility index (Phi) is 5.12. The Morgan fingerprint density at radius 3 is 2.66 bits per heavy atom. The summed E-state index contributed by atoms with van der Waals surface area (Å²) >= 11 is 0. The largest absolute Gasteiger partial charge is 0.422 e. The summed E-state index contributed by atoms with van der Waals surface area (Å²) < 4.78 is 18.7. The van der Waals surface area contributed by atoms with E-state index >= 15 is 0 Å². The Bertz CT molecular complexity index is 1140. The smallest absolute Gasteiger partial charge is 0.349 e. The molecule has 2 heterocycles. The first kappa shape index (κ1) is 18.9. The minimum atomic E-state index is -0.694. The molecule has 1 fully saturated rings. The van der Waals surface area contributed by atoms with Crippen LogP contribution in [0.4, 0.5) is 4.39 Å². The van der Waals surface area contributed by atoms with Crippen LogP contribution in [0.1, 0.15) is 22.3 Å². The fraction of sp³-hybridized carbons (Fsp3) is 0.227. The van der Waals surface area contributed by atoms with Gasteiger partial charge in [0.1, 0.15) is 17.0 Å². The Balaban J connectivity index is 1.52. The highest BCUT2D eigenvalue weighted by Gasteiger charge is 2.26. The van der Waals surface area contributed by atoms with Gasteiger partial charge in [0.25, 0.3) is 5.91 Å². The van der Waals surface area contributed by atoms with E-state index in [9.17, 15) is 18.8 Å². The van der Waals surface area contributed by atoms with Crippen molar-refractivity contribution in [3.63, 3.8) is 0 Å². The van der Waals surface area contributed by atoms with Crippen LogP contribution in [0.5, 0.6) is 0 Å². The number of nitrogens with zero attached hydrogens (tertiary/aromatic N) is 2. The zero-order chi connectivity index (χ0) is 20.4. The molecule has 0 radical (unpaired) electrons. The normalized spacial score (nSPS) is 14.9. The van der Waals surface area contributed by atoms with Gasteiger partial charge in [-0.3, -0.25) is 9.59 Å². The number of para-hydroxylation sites is 1. The van der Waals surface area contributed by atoms with E-state index in [1.807, 2.05) is 0 Å². The van der Waals surface area contributed by atoms with Gasteiger partial charge in [0, 0.05) is 38.0 Å². The SMILES string of the molecule is O=C1CCN(C(=O)c2cc3ccccc3oc2=O)CCN1Cc1cccc(F)c1. The lowest BCUT2D eigenvalue weighted by molar-refractivity contribution is -0.130. The standard InChI is InChI=1S/C22H19FN2O4/c23-17-6-3-4-15(12-17)14-25-11-10-24(9-8-20(25)26)21(27)18-13-16-5-1-2-7-19(16)29-22(18)28/h1-7,12-13H,8-11,14H2. The highest BCUT2D eigenvalue weighted by Crippen LogP contribution is 2.16. The molecule has 0 N–H and O–H groups in total. The zero-order valence-corrected chi connectivity index (χ0v) is 15.6. The van der Waals surface area contributed by atoms with Gasteiger partial charge in [0.2, 0.25) is 5.91 Å². The Labute approximate surface area is 166 Å². The second-order valence-corrected chi connectivity index (χ2v) is 6.97. The first-order valence-corrected chi connectivity index (χ1v) is 9.35. The molecule has 3 aromatic rings. The van der Waals surface area contributed by atoms with Gasteiger partial charge in [-0.2, -0.15) is 0 Å². The van der Waals surface area contributed by atoms with Crippen LogP contribution in [0.15, 0.2) is 63.8 Å². The molecule has 7 heteroatoms. The van der Waals surface area contributed by atoms with Crippen molar-refractivity contribution in [1.29, 1.82) is 0 Å². The molecule has 29 heavy (non-hydrogen) atoms. The van der Waals surface area contributed by atoms with E-state index in [-0.39, 0.29) is 43.3 Å². The van der Waals surface area contributed by atoms with E-state index in [4.69, 9.17) is 4.42 Å². The lowest BCUT2D eigenvalue weighted by Gasteiger charge is -2.22. The third kappa shape index (κ3) is 4.03. The van der Waals surface area contributed by atoms with Crippen LogP contribution in [0, 0.1) is 5.82 Å². The summed E-state index contributed by atoms with van der Waals surface area (Å²) in [5.74, 6) is -0.926. The minimum absolute atomic E-state index is 0.0465. The molecule has 0 saturated carbocycles. The molecule has 0 bridgehead atoms. The number of fused-ring (bicyclic) bond motifs is 1. The number of benzene rings is 2. The van der Waals surface area contributed by atoms with Gasteiger partial charge < -0.3 is 14.2 Å². The lowest BCUT2D eigenvalue weighted by atomic mass is 10.1. The Hall–Kier alpha value is -3.48. The van der Waals surface area contributed by atoms with Crippen molar-refractivity contribution in [3.05, 3.63) is 82.0 Å². The molecule has 0 unspecified atom stereocenters. The predicted molar refractivity (Wildman–Crippen MR) is 105 cm³/mol. The summed E-state index contributed by atoms with van der Waals surface area (Å²) in [4.78, 5) is 40.8. The summed E-state index contributed by atoms with van der Waals surface area (Å²) in [6, 6.07) is 14.6. The van der Waals surface area contributed by atoms with Crippen LogP contribution in [0.2, 0.25) is 0 Å². The Morgan fingerprint density at radius 2 is 1.83 bits per heavy atom. The van der Waals surface area contributed by atoms with Crippen LogP contribution in [-0.4, -0.2) is 41.2 Å². The summed E-state index contributed by atoms with van der Waals surface area (Å²) in [6.45, 7) is 1.08. The van der Waals surface area contributed by atoms with Crippen molar-refractivity contribution in [2.75, 3.05) is 19.6 Å². The van der Waals surface area contributed by atoms with E-state index in [0.717, 1.165) is 0 Å². The summed E-state index contributed by atoms with van der Waals surface area (Å²) in [6.07, 6.45) is 0.139. The van der Waals surface area contributed by atoms with Crippen molar-refractivity contribution < 1.29 is 18.4 Å². The number of hydrogen-bond donors (Lipinski definition) is 0. The van der Waals surface area contributed by atoms with Gasteiger partial charge in [0.05, 0.1) is 0 Å². The fourth-order valence-electron chi connectivity index (χ4n) is 3.47. The zero-order valence-electron chi connectivity index (χ0n) is 15.6. The molecule has 2 amide bonds. The van der Waals surface area contributed by atoms with E-state index < -0.39 is 11.5 Å². The summed E-state index contributed by atoms with van der Waals surface area (Å²) in [5.41, 5.74) is 0.366. The number of hydrogen-bond acceptors (Lipinski definition) is 4. The maximum Gasteiger partial charge on any atom is 0.349 e.